The van der Waals surface area contributed by atoms with E-state index in [-0.39, 0.29) is 11.9 Å². The first kappa shape index (κ1) is 15.3. The molecule has 2 aromatic rings. The van der Waals surface area contributed by atoms with Gasteiger partial charge >= 0.3 is 0 Å². The van der Waals surface area contributed by atoms with Crippen molar-refractivity contribution in [1.29, 1.82) is 0 Å². The van der Waals surface area contributed by atoms with Crippen LogP contribution in [-0.2, 0) is 11.2 Å². The molecule has 0 aromatic heterocycles. The molecular weight excluding hydrogens is 258 g/mol. The molecular formula is C19H23NO. The van der Waals surface area contributed by atoms with Crippen molar-refractivity contribution in [2.24, 2.45) is 0 Å². The number of aryl methyl sites for hydroxylation is 3. The van der Waals surface area contributed by atoms with Gasteiger partial charge in [0.15, 0.2) is 0 Å². The first-order chi connectivity index (χ1) is 10.1. The van der Waals surface area contributed by atoms with Gasteiger partial charge in [0.05, 0.1) is 6.04 Å². The topological polar surface area (TPSA) is 29.1 Å². The van der Waals surface area contributed by atoms with Crippen molar-refractivity contribution in [2.45, 2.75) is 39.7 Å². The molecule has 2 heteroatoms. The zero-order valence-corrected chi connectivity index (χ0v) is 13.0. The second kappa shape index (κ2) is 7.07. The van der Waals surface area contributed by atoms with E-state index in [2.05, 4.69) is 49.5 Å². The predicted molar refractivity (Wildman–Crippen MR) is 87.2 cm³/mol. The standard InChI is InChI=1S/C19H23NO/c1-14-9-10-15(2)18(13-14)16(3)20-19(21)12-11-17-7-5-4-6-8-17/h4-10,13,16H,11-12H2,1-3H3,(H,20,21)/t16-/m1/s1. The van der Waals surface area contributed by atoms with Gasteiger partial charge in [-0.2, -0.15) is 0 Å². The Morgan fingerprint density at radius 1 is 1.10 bits per heavy atom. The molecule has 0 aliphatic heterocycles. The first-order valence-corrected chi connectivity index (χ1v) is 7.46. The average molecular weight is 281 g/mol. The van der Waals surface area contributed by atoms with E-state index in [4.69, 9.17) is 0 Å². The highest BCUT2D eigenvalue weighted by atomic mass is 16.1. The Bertz CT molecular complexity index is 604. The number of amides is 1. The third-order valence-electron chi connectivity index (χ3n) is 3.76. The third-order valence-corrected chi connectivity index (χ3v) is 3.76. The molecule has 0 aliphatic carbocycles. The average Bonchev–Trinajstić information content (AvgIpc) is 2.48. The molecule has 0 saturated heterocycles. The smallest absolute Gasteiger partial charge is 0.220 e. The van der Waals surface area contributed by atoms with Crippen molar-refractivity contribution < 1.29 is 4.79 Å². The van der Waals surface area contributed by atoms with E-state index in [0.717, 1.165) is 6.42 Å². The molecule has 2 rings (SSSR count). The molecule has 0 spiro atoms. The fourth-order valence-electron chi connectivity index (χ4n) is 2.52. The highest BCUT2D eigenvalue weighted by Gasteiger charge is 2.11. The molecule has 110 valence electrons. The van der Waals surface area contributed by atoms with E-state index in [0.29, 0.717) is 6.42 Å². The number of hydrogen-bond acceptors (Lipinski definition) is 1. The Kier molecular flexibility index (Phi) is 5.15. The van der Waals surface area contributed by atoms with Crippen molar-refractivity contribution in [1.82, 2.24) is 5.32 Å². The Hall–Kier alpha value is -2.09. The Balaban J connectivity index is 1.91. The van der Waals surface area contributed by atoms with E-state index in [9.17, 15) is 4.79 Å². The van der Waals surface area contributed by atoms with Crippen molar-refractivity contribution in [3.63, 3.8) is 0 Å². The second-order valence-electron chi connectivity index (χ2n) is 5.63. The number of rotatable bonds is 5. The van der Waals surface area contributed by atoms with Crippen molar-refractivity contribution >= 4 is 5.91 Å². The molecule has 1 amide bonds. The lowest BCUT2D eigenvalue weighted by Crippen LogP contribution is -2.27. The Labute approximate surface area is 127 Å². The highest BCUT2D eigenvalue weighted by molar-refractivity contribution is 5.76. The Morgan fingerprint density at radius 3 is 2.52 bits per heavy atom. The SMILES string of the molecule is Cc1ccc(C)c([C@@H](C)NC(=O)CCc2ccccc2)c1. The molecule has 0 aliphatic rings. The molecule has 0 unspecified atom stereocenters. The molecule has 2 nitrogen and oxygen atoms in total. The fraction of sp³-hybridized carbons (Fsp3) is 0.316. The van der Waals surface area contributed by atoms with Crippen LogP contribution in [0.2, 0.25) is 0 Å². The number of carbonyl (C=O) groups excluding carboxylic acids is 1. The van der Waals surface area contributed by atoms with E-state index in [1.165, 1.54) is 22.3 Å². The van der Waals surface area contributed by atoms with Gasteiger partial charge in [-0.05, 0) is 43.9 Å². The van der Waals surface area contributed by atoms with Crippen molar-refractivity contribution in [3.8, 4) is 0 Å². The quantitative estimate of drug-likeness (QED) is 0.878. The monoisotopic (exact) mass is 281 g/mol. The van der Waals surface area contributed by atoms with Crippen LogP contribution < -0.4 is 5.32 Å². The summed E-state index contributed by atoms with van der Waals surface area (Å²) in [7, 11) is 0. The molecule has 0 heterocycles. The van der Waals surface area contributed by atoms with Crippen LogP contribution in [0.4, 0.5) is 0 Å². The molecule has 0 saturated carbocycles. The van der Waals surface area contributed by atoms with Crippen LogP contribution in [0.25, 0.3) is 0 Å². The van der Waals surface area contributed by atoms with Crippen LogP contribution in [0, 0.1) is 13.8 Å². The highest BCUT2D eigenvalue weighted by Crippen LogP contribution is 2.19. The van der Waals surface area contributed by atoms with Crippen LogP contribution in [0.15, 0.2) is 48.5 Å². The van der Waals surface area contributed by atoms with Crippen molar-refractivity contribution in [3.05, 3.63) is 70.8 Å². The summed E-state index contributed by atoms with van der Waals surface area (Å²) in [5.41, 5.74) is 4.84. The van der Waals surface area contributed by atoms with E-state index in [1.54, 1.807) is 0 Å². The van der Waals surface area contributed by atoms with Crippen LogP contribution in [0.3, 0.4) is 0 Å². The van der Waals surface area contributed by atoms with Gasteiger partial charge < -0.3 is 5.32 Å². The van der Waals surface area contributed by atoms with Gasteiger partial charge in [0, 0.05) is 6.42 Å². The van der Waals surface area contributed by atoms with Gasteiger partial charge in [0.2, 0.25) is 5.91 Å². The number of carbonyl (C=O) groups is 1. The van der Waals surface area contributed by atoms with E-state index < -0.39 is 0 Å². The number of nitrogens with one attached hydrogen (secondary N) is 1. The molecule has 1 atom stereocenters. The Morgan fingerprint density at radius 2 is 1.81 bits per heavy atom. The zero-order chi connectivity index (χ0) is 15.2. The fourth-order valence-corrected chi connectivity index (χ4v) is 2.52. The van der Waals surface area contributed by atoms with Crippen LogP contribution in [0.5, 0.6) is 0 Å². The predicted octanol–water partition coefficient (Wildman–Crippen LogP) is 4.11. The summed E-state index contributed by atoms with van der Waals surface area (Å²) in [6, 6.07) is 16.5. The maximum atomic E-state index is 12.1. The van der Waals surface area contributed by atoms with Gasteiger partial charge in [-0.3, -0.25) is 4.79 Å². The summed E-state index contributed by atoms with van der Waals surface area (Å²) >= 11 is 0. The second-order valence-corrected chi connectivity index (χ2v) is 5.63. The number of benzene rings is 2. The minimum Gasteiger partial charge on any atom is -0.350 e. The van der Waals surface area contributed by atoms with Gasteiger partial charge in [-0.1, -0.05) is 54.1 Å². The molecule has 0 radical (unpaired) electrons. The normalized spacial score (nSPS) is 12.0. The maximum Gasteiger partial charge on any atom is 0.220 e. The summed E-state index contributed by atoms with van der Waals surface area (Å²) in [6.45, 7) is 6.20. The van der Waals surface area contributed by atoms with Gasteiger partial charge in [0.25, 0.3) is 0 Å². The van der Waals surface area contributed by atoms with Crippen LogP contribution in [0.1, 0.15) is 41.6 Å². The number of hydrogen-bond donors (Lipinski definition) is 1. The minimum atomic E-state index is 0.0492. The summed E-state index contributed by atoms with van der Waals surface area (Å²) in [4.78, 5) is 12.1. The maximum absolute atomic E-state index is 12.1. The van der Waals surface area contributed by atoms with Crippen molar-refractivity contribution in [2.75, 3.05) is 0 Å². The molecule has 0 fully saturated rings. The zero-order valence-electron chi connectivity index (χ0n) is 13.0. The first-order valence-electron chi connectivity index (χ1n) is 7.46. The van der Waals surface area contributed by atoms with E-state index >= 15 is 0 Å². The molecule has 2 aromatic carbocycles. The molecule has 1 N–H and O–H groups in total. The summed E-state index contributed by atoms with van der Waals surface area (Å²) in [5, 5.41) is 3.10. The third kappa shape index (κ3) is 4.45. The summed E-state index contributed by atoms with van der Waals surface area (Å²) in [5.74, 6) is 0.104. The van der Waals surface area contributed by atoms with Crippen LogP contribution >= 0.6 is 0 Å². The summed E-state index contributed by atoms with van der Waals surface area (Å²) < 4.78 is 0. The van der Waals surface area contributed by atoms with Crippen LogP contribution in [-0.4, -0.2) is 5.91 Å². The van der Waals surface area contributed by atoms with Gasteiger partial charge in [-0.15, -0.1) is 0 Å². The van der Waals surface area contributed by atoms with E-state index in [1.807, 2.05) is 25.1 Å². The van der Waals surface area contributed by atoms with Gasteiger partial charge in [0.1, 0.15) is 0 Å². The largest absolute Gasteiger partial charge is 0.350 e. The molecule has 0 bridgehead atoms. The lowest BCUT2D eigenvalue weighted by Gasteiger charge is -2.17. The lowest BCUT2D eigenvalue weighted by molar-refractivity contribution is -0.121. The van der Waals surface area contributed by atoms with Gasteiger partial charge in [-0.25, -0.2) is 0 Å². The summed E-state index contributed by atoms with van der Waals surface area (Å²) in [6.07, 6.45) is 1.31. The lowest BCUT2D eigenvalue weighted by atomic mass is 10.00. The minimum absolute atomic E-state index is 0.0492. The molecule has 21 heavy (non-hydrogen) atoms.